The Morgan fingerprint density at radius 2 is 1.76 bits per heavy atom. The number of alkyl halides is 1. The Bertz CT molecular complexity index is 1230. The van der Waals surface area contributed by atoms with Crippen molar-refractivity contribution in [1.29, 1.82) is 0 Å². The first-order valence-electron chi connectivity index (χ1n) is 12.1. The molecule has 5 rings (SSSR count). The summed E-state index contributed by atoms with van der Waals surface area (Å²) in [6.45, 7) is 3.16. The van der Waals surface area contributed by atoms with Crippen LogP contribution in [0, 0.1) is 17.5 Å². The molecule has 2 aliphatic rings. The van der Waals surface area contributed by atoms with Gasteiger partial charge in [0.05, 0.1) is 12.4 Å². The number of aryl methyl sites for hydroxylation is 1. The van der Waals surface area contributed by atoms with E-state index in [9.17, 15) is 13.2 Å². The minimum atomic E-state index is -1.52. The van der Waals surface area contributed by atoms with Crippen molar-refractivity contribution >= 4 is 12.0 Å². The minimum absolute atomic E-state index is 0.0121. The molecular formula is C24H27F4N7O2. The minimum Gasteiger partial charge on any atom is -0.487 e. The molecule has 37 heavy (non-hydrogen) atoms. The first-order valence-corrected chi connectivity index (χ1v) is 12.1. The molecule has 0 amide bonds. The van der Waals surface area contributed by atoms with E-state index in [0.717, 1.165) is 6.07 Å². The molecule has 2 N–H and O–H groups in total. The number of hydrogen-bond donors (Lipinski definition) is 1. The van der Waals surface area contributed by atoms with E-state index in [4.69, 9.17) is 15.0 Å². The van der Waals surface area contributed by atoms with Gasteiger partial charge in [-0.2, -0.15) is 4.98 Å². The summed E-state index contributed by atoms with van der Waals surface area (Å²) in [5, 5.41) is 3.88. The van der Waals surface area contributed by atoms with E-state index in [1.807, 2.05) is 11.8 Å². The summed E-state index contributed by atoms with van der Waals surface area (Å²) in [5.74, 6) is -2.55. The van der Waals surface area contributed by atoms with Gasteiger partial charge in [0.15, 0.2) is 23.2 Å². The van der Waals surface area contributed by atoms with Crippen LogP contribution in [0.3, 0.4) is 0 Å². The van der Waals surface area contributed by atoms with Gasteiger partial charge in [-0.1, -0.05) is 12.1 Å². The molecule has 1 aromatic carbocycles. The van der Waals surface area contributed by atoms with E-state index < -0.39 is 35.1 Å². The Balaban J connectivity index is 1.15. The second kappa shape index (κ2) is 10.1. The van der Waals surface area contributed by atoms with Gasteiger partial charge in [-0.05, 0) is 11.6 Å². The Morgan fingerprint density at radius 3 is 2.43 bits per heavy atom. The number of halogens is 4. The quantitative estimate of drug-likeness (QED) is 0.371. The second-order valence-electron chi connectivity index (χ2n) is 9.46. The Labute approximate surface area is 210 Å². The van der Waals surface area contributed by atoms with Crippen LogP contribution in [0.25, 0.3) is 0 Å². The highest BCUT2D eigenvalue weighted by molar-refractivity contribution is 5.39. The van der Waals surface area contributed by atoms with Gasteiger partial charge in [0, 0.05) is 63.5 Å². The number of hydrogen-bond acceptors (Lipinski definition) is 9. The number of nitrogens with zero attached hydrogens (tertiary/aromatic N) is 6. The molecule has 2 aliphatic heterocycles. The molecule has 9 nitrogen and oxygen atoms in total. The predicted molar refractivity (Wildman–Crippen MR) is 126 cm³/mol. The first kappa shape index (κ1) is 25.2. The molecule has 3 aromatic rings. The Kier molecular flexibility index (Phi) is 6.88. The molecule has 0 spiro atoms. The van der Waals surface area contributed by atoms with Crippen LogP contribution in [0.4, 0.5) is 29.5 Å². The van der Waals surface area contributed by atoms with Crippen LogP contribution in [-0.4, -0.2) is 64.6 Å². The van der Waals surface area contributed by atoms with Crippen molar-refractivity contribution < 1.29 is 26.8 Å². The lowest BCUT2D eigenvalue weighted by Crippen LogP contribution is -2.45. The number of piperidine rings is 1. The average Bonchev–Trinajstić information content (AvgIpc) is 3.53. The highest BCUT2D eigenvalue weighted by atomic mass is 19.2. The molecule has 0 saturated carbocycles. The van der Waals surface area contributed by atoms with Crippen molar-refractivity contribution in [3.63, 3.8) is 0 Å². The molecular weight excluding hydrogens is 494 g/mol. The van der Waals surface area contributed by atoms with Gasteiger partial charge in [0.2, 0.25) is 5.95 Å². The number of nitrogens with two attached hydrogens (primary N) is 1. The van der Waals surface area contributed by atoms with E-state index in [1.165, 1.54) is 12.4 Å². The molecule has 0 aliphatic carbocycles. The van der Waals surface area contributed by atoms with Gasteiger partial charge in [0.1, 0.15) is 18.1 Å². The van der Waals surface area contributed by atoms with Crippen molar-refractivity contribution in [2.75, 3.05) is 42.6 Å². The fourth-order valence-electron chi connectivity index (χ4n) is 4.66. The van der Waals surface area contributed by atoms with Crippen LogP contribution in [0.5, 0.6) is 5.75 Å². The summed E-state index contributed by atoms with van der Waals surface area (Å²) in [7, 11) is 0. The van der Waals surface area contributed by atoms with Gasteiger partial charge in [0.25, 0.3) is 0 Å². The highest BCUT2D eigenvalue weighted by Crippen LogP contribution is 2.32. The van der Waals surface area contributed by atoms with Gasteiger partial charge in [-0.3, -0.25) is 0 Å². The smallest absolute Gasteiger partial charge is 0.324 e. The first-order chi connectivity index (χ1) is 17.7. The molecule has 198 valence electrons. The topological polar surface area (TPSA) is 106 Å². The monoisotopic (exact) mass is 521 g/mol. The molecule has 0 radical (unpaired) electrons. The van der Waals surface area contributed by atoms with Gasteiger partial charge >= 0.3 is 6.01 Å². The van der Waals surface area contributed by atoms with Crippen molar-refractivity contribution in [3.8, 4) is 5.75 Å². The van der Waals surface area contributed by atoms with Crippen LogP contribution in [0.1, 0.15) is 37.1 Å². The zero-order valence-electron chi connectivity index (χ0n) is 20.2. The Hall–Kier alpha value is -3.48. The second-order valence-corrected chi connectivity index (χ2v) is 9.46. The van der Waals surface area contributed by atoms with E-state index in [1.54, 1.807) is 4.90 Å². The van der Waals surface area contributed by atoms with Gasteiger partial charge in [-0.25, -0.2) is 27.5 Å². The SMILES string of the molecule is CCc1noc(N2CCC(F)(COc3cnc(N4CC(N)C(c5cc(F)c(F)cc5F)C4)nc3)CC2)n1. The summed E-state index contributed by atoms with van der Waals surface area (Å²) in [4.78, 5) is 16.4. The van der Waals surface area contributed by atoms with E-state index >= 15 is 4.39 Å². The molecule has 2 unspecified atom stereocenters. The van der Waals surface area contributed by atoms with Gasteiger partial charge in [-0.15, -0.1) is 0 Å². The van der Waals surface area contributed by atoms with Crippen molar-refractivity contribution in [2.45, 2.75) is 43.8 Å². The number of aromatic nitrogens is 4. The van der Waals surface area contributed by atoms with Crippen LogP contribution >= 0.6 is 0 Å². The summed E-state index contributed by atoms with van der Waals surface area (Å²) in [5.41, 5.74) is 4.65. The third kappa shape index (κ3) is 5.31. The molecule has 2 aromatic heterocycles. The largest absolute Gasteiger partial charge is 0.487 e. The van der Waals surface area contributed by atoms with Gasteiger partial charge < -0.3 is 24.8 Å². The maximum atomic E-state index is 15.3. The van der Waals surface area contributed by atoms with Crippen LogP contribution < -0.4 is 20.3 Å². The summed E-state index contributed by atoms with van der Waals surface area (Å²) < 4.78 is 67.4. The highest BCUT2D eigenvalue weighted by Gasteiger charge is 2.37. The van der Waals surface area contributed by atoms with Crippen LogP contribution in [0.2, 0.25) is 0 Å². The summed E-state index contributed by atoms with van der Waals surface area (Å²) in [6.07, 6.45) is 4.01. The standard InChI is InChI=1S/C24H27F4N7O2/c1-2-21-32-23(37-33-21)34-5-3-24(28,4-6-34)13-36-14-9-30-22(31-10-14)35-11-16(20(29)12-35)15-7-18(26)19(27)8-17(15)25/h7-10,16,20H,2-6,11-13,29H2,1H3. The lowest BCUT2D eigenvalue weighted by Gasteiger charge is -2.35. The molecule has 2 fully saturated rings. The predicted octanol–water partition coefficient (Wildman–Crippen LogP) is 3.16. The number of rotatable bonds is 7. The number of benzene rings is 1. The lowest BCUT2D eigenvalue weighted by atomic mass is 9.94. The average molecular weight is 522 g/mol. The third-order valence-electron chi connectivity index (χ3n) is 6.90. The normalized spacial score (nSPS) is 21.5. The number of ether oxygens (including phenoxy) is 1. The van der Waals surface area contributed by atoms with Crippen molar-refractivity contribution in [3.05, 3.63) is 53.4 Å². The van der Waals surface area contributed by atoms with Crippen molar-refractivity contribution in [1.82, 2.24) is 20.1 Å². The van der Waals surface area contributed by atoms with Crippen molar-refractivity contribution in [2.24, 2.45) is 5.73 Å². The number of anilines is 2. The molecule has 13 heteroatoms. The van der Waals surface area contributed by atoms with E-state index in [-0.39, 0.29) is 31.6 Å². The van der Waals surface area contributed by atoms with Crippen LogP contribution in [-0.2, 0) is 6.42 Å². The third-order valence-corrected chi connectivity index (χ3v) is 6.90. The zero-order chi connectivity index (χ0) is 26.2. The fourth-order valence-corrected chi connectivity index (χ4v) is 4.66. The Morgan fingerprint density at radius 1 is 1.05 bits per heavy atom. The maximum absolute atomic E-state index is 15.3. The summed E-state index contributed by atoms with van der Waals surface area (Å²) in [6, 6.07) is 1.24. The molecule has 0 bridgehead atoms. The summed E-state index contributed by atoms with van der Waals surface area (Å²) >= 11 is 0. The molecule has 2 atom stereocenters. The van der Waals surface area contributed by atoms with E-state index in [0.29, 0.717) is 55.7 Å². The zero-order valence-corrected chi connectivity index (χ0v) is 20.2. The fraction of sp³-hybridized carbons (Fsp3) is 0.500. The molecule has 2 saturated heterocycles. The van der Waals surface area contributed by atoms with Crippen LogP contribution in [0.15, 0.2) is 29.0 Å². The van der Waals surface area contributed by atoms with E-state index in [2.05, 4.69) is 20.1 Å². The molecule has 4 heterocycles. The lowest BCUT2D eigenvalue weighted by molar-refractivity contribution is 0.0585. The maximum Gasteiger partial charge on any atom is 0.324 e.